The van der Waals surface area contributed by atoms with Crippen LogP contribution in [0.5, 0.6) is 5.75 Å². The van der Waals surface area contributed by atoms with Crippen molar-refractivity contribution in [2.24, 2.45) is 23.0 Å². The smallest absolute Gasteiger partial charge is 0.246 e. The molecule has 1 aromatic carbocycles. The van der Waals surface area contributed by atoms with Gasteiger partial charge in [-0.25, -0.2) is 0 Å². The predicted molar refractivity (Wildman–Crippen MR) is 256 cm³/mol. The number of aliphatic hydroxyl groups excluding tert-OH is 2. The molecule has 0 bridgehead atoms. The quantitative estimate of drug-likeness (QED) is 0.0850. The molecule has 2 aliphatic rings. The van der Waals surface area contributed by atoms with E-state index in [1.165, 1.54) is 13.2 Å². The third-order valence-corrected chi connectivity index (χ3v) is 13.5. The van der Waals surface area contributed by atoms with Crippen molar-refractivity contribution in [1.29, 1.82) is 0 Å². The maximum Gasteiger partial charge on any atom is 0.246 e. The highest BCUT2D eigenvalue weighted by atomic mass is 32.2. The number of nitrogens with zero attached hydrogens (tertiary/aromatic N) is 1. The van der Waals surface area contributed by atoms with Crippen LogP contribution in [0.3, 0.4) is 0 Å². The number of hydrogen-bond donors (Lipinski definition) is 11. The van der Waals surface area contributed by atoms with Gasteiger partial charge in [0, 0.05) is 47.1 Å². The average Bonchev–Trinajstić information content (AvgIpc) is 3.95. The van der Waals surface area contributed by atoms with Gasteiger partial charge in [0.2, 0.25) is 58.2 Å². The zero-order chi connectivity index (χ0) is 52.0. The van der Waals surface area contributed by atoms with Crippen LogP contribution in [0, 0.1) is 17.3 Å². The van der Waals surface area contributed by atoms with Crippen LogP contribution in [0.2, 0.25) is 0 Å². The van der Waals surface area contributed by atoms with E-state index in [4.69, 9.17) is 10.5 Å². The number of carbonyl (C=O) groups excluding carboxylic acids is 9. The summed E-state index contributed by atoms with van der Waals surface area (Å²) in [6.45, 7) is 8.58. The van der Waals surface area contributed by atoms with Crippen LogP contribution in [-0.4, -0.2) is 160 Å². The summed E-state index contributed by atoms with van der Waals surface area (Å²) >= 11 is -1.69. The second-order valence-electron chi connectivity index (χ2n) is 18.8. The maximum absolute atomic E-state index is 14.6. The summed E-state index contributed by atoms with van der Waals surface area (Å²) in [4.78, 5) is 126. The Kier molecular flexibility index (Phi) is 20.8. The minimum absolute atomic E-state index is 0.0200. The number of carbonyl (C=O) groups is 9. The standard InChI is InChI=1S/C46H70N10O13S/c1-8-14-46(5,6)23-69-26-12-13-27-28(44(70(7)68)53-29(27)16-26)17-30-40(63)49-21-37(62)54-38(24(3)9-2)42(65)50-19-35(60)48-20-36(61)51-31(18-34(47)59)45(67)56-15-10-11-32(56)41(64)55-39(43(66)52-30)25(4)33(58)22-57/h12-13,16,24-25,30-33,38-39,53,57-58H,8-11,14-15,17-23H2,1-7H3,(H2,47,59)(H,48,60)(H,49,63)(H,50,65)(H,51,61)(H,52,66)(H,54,62)(H,55,64)/t24-,25-,30+,31-,32-,33-,38-,39-,70?/m0/s1. The highest BCUT2D eigenvalue weighted by Crippen LogP contribution is 2.32. The fourth-order valence-electron chi connectivity index (χ4n) is 8.41. The van der Waals surface area contributed by atoms with E-state index in [1.807, 2.05) is 0 Å². The number of aromatic nitrogens is 1. The molecule has 0 aliphatic carbocycles. The molecule has 24 heteroatoms. The Labute approximate surface area is 409 Å². The number of H-pyrrole nitrogens is 1. The van der Waals surface area contributed by atoms with E-state index in [1.54, 1.807) is 32.0 Å². The monoisotopic (exact) mass is 1000 g/mol. The van der Waals surface area contributed by atoms with Gasteiger partial charge in [0.25, 0.3) is 0 Å². The van der Waals surface area contributed by atoms with E-state index in [9.17, 15) is 57.9 Å². The molecule has 3 heterocycles. The van der Waals surface area contributed by atoms with Crippen molar-refractivity contribution in [3.8, 4) is 5.75 Å². The summed E-state index contributed by atoms with van der Waals surface area (Å²) < 4.78 is 19.5. The number of fused-ring (bicyclic) bond motifs is 2. The minimum Gasteiger partial charge on any atom is -0.610 e. The van der Waals surface area contributed by atoms with Gasteiger partial charge in [-0.1, -0.05) is 54.4 Å². The lowest BCUT2D eigenvalue weighted by molar-refractivity contribution is -0.143. The molecule has 1 aromatic heterocycles. The van der Waals surface area contributed by atoms with Crippen molar-refractivity contribution >= 4 is 75.2 Å². The van der Waals surface area contributed by atoms with Crippen LogP contribution in [0.1, 0.15) is 85.6 Å². The lowest BCUT2D eigenvalue weighted by Gasteiger charge is -2.32. The zero-order valence-electron chi connectivity index (χ0n) is 40.9. The Morgan fingerprint density at radius 3 is 2.19 bits per heavy atom. The number of benzene rings is 1. The molecule has 388 valence electrons. The molecule has 1 unspecified atom stereocenters. The molecule has 2 aliphatic heterocycles. The number of nitrogens with two attached hydrogens (primary N) is 1. The molecule has 0 radical (unpaired) electrons. The Morgan fingerprint density at radius 1 is 0.886 bits per heavy atom. The van der Waals surface area contributed by atoms with E-state index < -0.39 is 145 Å². The van der Waals surface area contributed by atoms with Gasteiger partial charge in [0.15, 0.2) is 0 Å². The Bertz CT molecular complexity index is 2240. The second kappa shape index (κ2) is 25.8. The first kappa shape index (κ1) is 56.6. The second-order valence-corrected chi connectivity index (χ2v) is 20.1. The van der Waals surface area contributed by atoms with E-state index in [0.29, 0.717) is 35.2 Å². The predicted octanol–water partition coefficient (Wildman–Crippen LogP) is -2.14. The number of aliphatic hydroxyl groups is 2. The van der Waals surface area contributed by atoms with Gasteiger partial charge in [-0.2, -0.15) is 0 Å². The molecule has 2 aromatic rings. The summed E-state index contributed by atoms with van der Waals surface area (Å²) in [6, 6.07) is -2.17. The van der Waals surface area contributed by atoms with Gasteiger partial charge >= 0.3 is 0 Å². The molecule has 2 saturated heterocycles. The molecule has 23 nitrogen and oxygen atoms in total. The molecular formula is C46H70N10O13S. The molecule has 0 saturated carbocycles. The maximum atomic E-state index is 14.6. The summed E-state index contributed by atoms with van der Waals surface area (Å²) in [5.41, 5.74) is 6.17. The topological polar surface area (TPSA) is 356 Å². The van der Waals surface area contributed by atoms with E-state index >= 15 is 0 Å². The lowest BCUT2D eigenvalue weighted by Crippen LogP contribution is -2.61. The fraction of sp³-hybridized carbons (Fsp3) is 0.630. The van der Waals surface area contributed by atoms with Crippen molar-refractivity contribution in [3.05, 3.63) is 23.8 Å². The Morgan fingerprint density at radius 2 is 1.54 bits per heavy atom. The van der Waals surface area contributed by atoms with Gasteiger partial charge in [0.1, 0.15) is 42.2 Å². The van der Waals surface area contributed by atoms with Crippen LogP contribution >= 0.6 is 0 Å². The van der Waals surface area contributed by atoms with E-state index in [2.05, 4.69) is 63.0 Å². The van der Waals surface area contributed by atoms with Gasteiger partial charge in [0.05, 0.1) is 50.9 Å². The van der Waals surface area contributed by atoms with Crippen LogP contribution in [-0.2, 0) is 60.7 Å². The normalized spacial score (nSPS) is 23.8. The number of aromatic amines is 1. The van der Waals surface area contributed by atoms with Crippen molar-refractivity contribution in [2.45, 2.75) is 128 Å². The largest absolute Gasteiger partial charge is 0.610 e. The van der Waals surface area contributed by atoms with Crippen molar-refractivity contribution in [3.63, 3.8) is 0 Å². The van der Waals surface area contributed by atoms with Crippen molar-refractivity contribution < 1.29 is 62.7 Å². The summed E-state index contributed by atoms with van der Waals surface area (Å²) in [7, 11) is 0. The summed E-state index contributed by atoms with van der Waals surface area (Å²) in [5, 5.41) is 38.9. The average molecular weight is 1000 g/mol. The number of primary amides is 1. The third kappa shape index (κ3) is 15.5. The highest BCUT2D eigenvalue weighted by Gasteiger charge is 2.42. The summed E-state index contributed by atoms with van der Waals surface area (Å²) in [5.74, 6) is -9.20. The van der Waals surface area contributed by atoms with E-state index in [0.717, 1.165) is 17.7 Å². The van der Waals surface area contributed by atoms with Crippen LogP contribution in [0.4, 0.5) is 0 Å². The molecule has 12 N–H and O–H groups in total. The molecule has 9 atom stereocenters. The third-order valence-electron chi connectivity index (χ3n) is 12.6. The number of hydrogen-bond acceptors (Lipinski definition) is 13. The zero-order valence-corrected chi connectivity index (χ0v) is 41.7. The van der Waals surface area contributed by atoms with Crippen LogP contribution in [0.25, 0.3) is 10.9 Å². The highest BCUT2D eigenvalue weighted by molar-refractivity contribution is 7.90. The number of nitrogens with one attached hydrogen (secondary N) is 8. The molecule has 0 spiro atoms. The van der Waals surface area contributed by atoms with Crippen molar-refractivity contribution in [2.75, 3.05) is 45.6 Å². The molecule has 70 heavy (non-hydrogen) atoms. The van der Waals surface area contributed by atoms with Gasteiger partial charge < -0.3 is 72.3 Å². The number of ether oxygens (including phenoxy) is 1. The molecule has 4 rings (SSSR count). The number of amides is 9. The van der Waals surface area contributed by atoms with Gasteiger partial charge in [-0.15, -0.1) is 0 Å². The SMILES string of the molecule is CCCC(C)(C)COc1ccc2c(C[C@H]3NC(=O)[C@H]([C@@H](C)[C@@H](O)CO)NC(=O)[C@@H]4CCCN4C(=O)[C@H](CC(N)=O)NC(=O)CNC(=O)CNC(=O)[C@H]([C@@H](C)CC)NC(=O)CNC3=O)c([S+](C)[O-])[nH]c2c1. The van der Waals surface area contributed by atoms with Gasteiger partial charge in [-0.05, 0) is 42.7 Å². The molecule has 9 amide bonds. The Hall–Kier alpha value is -5.98. The summed E-state index contributed by atoms with van der Waals surface area (Å²) in [6.07, 6.45) is 1.41. The minimum atomic E-state index is -1.69. The molecule has 2 fully saturated rings. The van der Waals surface area contributed by atoms with Gasteiger partial charge in [-0.3, -0.25) is 43.2 Å². The first-order valence-corrected chi connectivity index (χ1v) is 25.1. The van der Waals surface area contributed by atoms with Crippen LogP contribution < -0.4 is 47.7 Å². The lowest BCUT2D eigenvalue weighted by atomic mass is 9.89. The van der Waals surface area contributed by atoms with Crippen molar-refractivity contribution in [1.82, 2.24) is 47.1 Å². The fourth-order valence-corrected chi connectivity index (χ4v) is 9.20. The molecular weight excluding hydrogens is 933 g/mol. The Balaban J connectivity index is 1.79. The number of rotatable bonds is 15. The van der Waals surface area contributed by atoms with E-state index in [-0.39, 0.29) is 36.2 Å². The first-order chi connectivity index (χ1) is 33.0. The van der Waals surface area contributed by atoms with Crippen LogP contribution in [0.15, 0.2) is 23.2 Å². The first-order valence-electron chi connectivity index (χ1n) is 23.5.